The molecule has 0 amide bonds. The minimum absolute atomic E-state index is 1.37. The molecular weight excluding hydrogens is 206 g/mol. The monoisotopic (exact) mass is 240 g/mol. The van der Waals surface area contributed by atoms with Crippen molar-refractivity contribution in [3.63, 3.8) is 0 Å². The van der Waals surface area contributed by atoms with Crippen molar-refractivity contribution in [2.75, 3.05) is 26.7 Å². The van der Waals surface area contributed by atoms with Crippen molar-refractivity contribution in [1.29, 1.82) is 0 Å². The van der Waals surface area contributed by atoms with Crippen LogP contribution in [0.15, 0.2) is 0 Å². The fraction of sp³-hybridized carbons (Fsp3) is 1.00. The number of hydrogen-bond donors (Lipinski definition) is 0. The van der Waals surface area contributed by atoms with Crippen LogP contribution in [0.3, 0.4) is 0 Å². The molecule has 0 aromatic heterocycles. The zero-order valence-electron chi connectivity index (χ0n) is 12.3. The molecule has 1 aliphatic rings. The van der Waals surface area contributed by atoms with Gasteiger partial charge in [-0.2, -0.15) is 0 Å². The van der Waals surface area contributed by atoms with Gasteiger partial charge in [-0.15, -0.1) is 0 Å². The van der Waals surface area contributed by atoms with Crippen molar-refractivity contribution in [2.24, 2.45) is 0 Å². The van der Waals surface area contributed by atoms with Gasteiger partial charge in [-0.1, -0.05) is 45.4 Å². The number of nitrogens with zero attached hydrogens (tertiary/aromatic N) is 1. The molecule has 0 aromatic carbocycles. The van der Waals surface area contributed by atoms with E-state index in [1.165, 1.54) is 94.7 Å². The van der Waals surface area contributed by atoms with Gasteiger partial charge in [0, 0.05) is 0 Å². The van der Waals surface area contributed by atoms with Gasteiger partial charge in [-0.05, 0) is 32.1 Å². The van der Waals surface area contributed by atoms with E-state index in [4.69, 9.17) is 0 Å². The number of rotatable bonds is 9. The van der Waals surface area contributed by atoms with E-state index in [1.54, 1.807) is 0 Å². The standard InChI is InChI=1S/C16H34N/c1-3-4-5-6-7-8-9-11-14-17(2)15-12-10-13-16-17/h3-16H2,1-2H3/q+1. The third-order valence-electron chi connectivity index (χ3n) is 4.45. The summed E-state index contributed by atoms with van der Waals surface area (Å²) in [5, 5.41) is 0. The molecule has 0 radical (unpaired) electrons. The molecule has 0 N–H and O–H groups in total. The molecule has 0 bridgehead atoms. The van der Waals surface area contributed by atoms with E-state index in [-0.39, 0.29) is 0 Å². The van der Waals surface area contributed by atoms with E-state index in [0.717, 1.165) is 0 Å². The molecule has 1 heterocycles. The average Bonchev–Trinajstić information content (AvgIpc) is 2.33. The molecule has 1 saturated heterocycles. The van der Waals surface area contributed by atoms with Gasteiger partial charge in [0.05, 0.1) is 26.7 Å². The SMILES string of the molecule is CCCCCCCCCC[N+]1(C)CCCCC1. The summed E-state index contributed by atoms with van der Waals surface area (Å²) in [6.45, 7) is 6.62. The molecular formula is C16H34N+. The maximum Gasteiger partial charge on any atom is 0.0784 e. The van der Waals surface area contributed by atoms with Crippen molar-refractivity contribution >= 4 is 0 Å². The Labute approximate surface area is 109 Å². The summed E-state index contributed by atoms with van der Waals surface area (Å²) < 4.78 is 1.37. The highest BCUT2D eigenvalue weighted by molar-refractivity contribution is 4.53. The van der Waals surface area contributed by atoms with Gasteiger partial charge < -0.3 is 4.48 Å². The summed E-state index contributed by atoms with van der Waals surface area (Å²) in [4.78, 5) is 0. The van der Waals surface area contributed by atoms with Crippen molar-refractivity contribution < 1.29 is 4.48 Å². The average molecular weight is 240 g/mol. The maximum atomic E-state index is 2.47. The van der Waals surface area contributed by atoms with Crippen LogP contribution in [0.1, 0.15) is 77.6 Å². The minimum atomic E-state index is 1.37. The van der Waals surface area contributed by atoms with Crippen LogP contribution in [0.25, 0.3) is 0 Å². The summed E-state index contributed by atoms with van der Waals surface area (Å²) in [5.41, 5.74) is 0. The molecule has 0 unspecified atom stereocenters. The van der Waals surface area contributed by atoms with E-state index >= 15 is 0 Å². The van der Waals surface area contributed by atoms with E-state index in [9.17, 15) is 0 Å². The third-order valence-corrected chi connectivity index (χ3v) is 4.45. The number of piperidine rings is 1. The second kappa shape index (κ2) is 8.97. The van der Waals surface area contributed by atoms with Crippen molar-refractivity contribution in [3.8, 4) is 0 Å². The van der Waals surface area contributed by atoms with Gasteiger partial charge in [-0.25, -0.2) is 0 Å². The number of likely N-dealkylation sites (tertiary alicyclic amines) is 1. The predicted octanol–water partition coefficient (Wildman–Crippen LogP) is 4.76. The number of hydrogen-bond acceptors (Lipinski definition) is 0. The highest BCUT2D eigenvalue weighted by Gasteiger charge is 2.23. The molecule has 1 heteroatoms. The molecule has 1 fully saturated rings. The lowest BCUT2D eigenvalue weighted by Gasteiger charge is -2.37. The number of unbranched alkanes of at least 4 members (excludes halogenated alkanes) is 7. The second-order valence-corrected chi connectivity index (χ2v) is 6.33. The zero-order valence-corrected chi connectivity index (χ0v) is 12.3. The number of quaternary nitrogens is 1. The molecule has 0 aliphatic carbocycles. The minimum Gasteiger partial charge on any atom is -0.326 e. The molecule has 0 spiro atoms. The first kappa shape index (κ1) is 15.0. The lowest BCUT2D eigenvalue weighted by molar-refractivity contribution is -0.914. The first-order valence-electron chi connectivity index (χ1n) is 8.10. The fourth-order valence-electron chi connectivity index (χ4n) is 3.13. The molecule has 0 saturated carbocycles. The van der Waals surface area contributed by atoms with Gasteiger partial charge in [0.1, 0.15) is 0 Å². The van der Waals surface area contributed by atoms with Crippen LogP contribution in [0.2, 0.25) is 0 Å². The summed E-state index contributed by atoms with van der Waals surface area (Å²) in [5.74, 6) is 0. The Morgan fingerprint density at radius 1 is 0.706 bits per heavy atom. The smallest absolute Gasteiger partial charge is 0.0784 e. The lowest BCUT2D eigenvalue weighted by atomic mass is 10.1. The Morgan fingerprint density at radius 3 is 1.82 bits per heavy atom. The predicted molar refractivity (Wildman–Crippen MR) is 77.2 cm³/mol. The molecule has 1 rings (SSSR count). The zero-order chi connectivity index (χ0) is 12.4. The van der Waals surface area contributed by atoms with Crippen molar-refractivity contribution in [2.45, 2.75) is 77.6 Å². The van der Waals surface area contributed by atoms with Crippen LogP contribution in [0, 0.1) is 0 Å². The Balaban J connectivity index is 1.89. The van der Waals surface area contributed by atoms with Crippen LogP contribution in [-0.4, -0.2) is 31.2 Å². The largest absolute Gasteiger partial charge is 0.326 e. The molecule has 1 aliphatic heterocycles. The highest BCUT2D eigenvalue weighted by atomic mass is 15.3. The molecule has 1 nitrogen and oxygen atoms in total. The Bertz CT molecular complexity index is 170. The molecule has 102 valence electrons. The van der Waals surface area contributed by atoms with E-state index in [0.29, 0.717) is 0 Å². The first-order valence-corrected chi connectivity index (χ1v) is 8.10. The van der Waals surface area contributed by atoms with Gasteiger partial charge >= 0.3 is 0 Å². The summed E-state index contributed by atoms with van der Waals surface area (Å²) >= 11 is 0. The quantitative estimate of drug-likeness (QED) is 0.403. The van der Waals surface area contributed by atoms with Crippen LogP contribution in [0.4, 0.5) is 0 Å². The normalized spacial score (nSPS) is 19.4. The van der Waals surface area contributed by atoms with Crippen molar-refractivity contribution in [3.05, 3.63) is 0 Å². The summed E-state index contributed by atoms with van der Waals surface area (Å²) in [6, 6.07) is 0. The van der Waals surface area contributed by atoms with E-state index < -0.39 is 0 Å². The maximum absolute atomic E-state index is 2.47. The van der Waals surface area contributed by atoms with E-state index in [1.807, 2.05) is 0 Å². The Morgan fingerprint density at radius 2 is 1.24 bits per heavy atom. The Kier molecular flexibility index (Phi) is 7.92. The van der Waals surface area contributed by atoms with Crippen LogP contribution >= 0.6 is 0 Å². The Hall–Kier alpha value is -0.0400. The van der Waals surface area contributed by atoms with Gasteiger partial charge in [0.2, 0.25) is 0 Å². The van der Waals surface area contributed by atoms with Crippen LogP contribution in [0.5, 0.6) is 0 Å². The third kappa shape index (κ3) is 7.08. The van der Waals surface area contributed by atoms with Crippen LogP contribution in [-0.2, 0) is 0 Å². The lowest BCUT2D eigenvalue weighted by Crippen LogP contribution is -2.48. The van der Waals surface area contributed by atoms with Crippen LogP contribution < -0.4 is 0 Å². The molecule has 17 heavy (non-hydrogen) atoms. The summed E-state index contributed by atoms with van der Waals surface area (Å²) in [7, 11) is 2.47. The van der Waals surface area contributed by atoms with Crippen molar-refractivity contribution in [1.82, 2.24) is 0 Å². The first-order chi connectivity index (χ1) is 8.27. The van der Waals surface area contributed by atoms with Gasteiger partial charge in [0.25, 0.3) is 0 Å². The fourth-order valence-corrected chi connectivity index (χ4v) is 3.13. The second-order valence-electron chi connectivity index (χ2n) is 6.33. The molecule has 0 aromatic rings. The van der Waals surface area contributed by atoms with E-state index in [2.05, 4.69) is 14.0 Å². The summed E-state index contributed by atoms with van der Waals surface area (Å²) in [6.07, 6.45) is 16.0. The highest BCUT2D eigenvalue weighted by Crippen LogP contribution is 2.18. The molecule has 0 atom stereocenters. The van der Waals surface area contributed by atoms with Gasteiger partial charge in [0.15, 0.2) is 0 Å². The van der Waals surface area contributed by atoms with Gasteiger partial charge in [-0.3, -0.25) is 0 Å². The topological polar surface area (TPSA) is 0 Å².